The Kier molecular flexibility index (Phi) is 6.32. The number of nitrogens with one attached hydrogen (secondary N) is 1. The van der Waals surface area contributed by atoms with Gasteiger partial charge in [-0.3, -0.25) is 4.79 Å². The fraction of sp³-hybridized carbons (Fsp3) is 0.150. The quantitative estimate of drug-likeness (QED) is 0.474. The van der Waals surface area contributed by atoms with Crippen LogP contribution < -0.4 is 10.1 Å². The molecule has 5 nitrogen and oxygen atoms in total. The van der Waals surface area contributed by atoms with Crippen LogP contribution in [0.4, 0.5) is 5.69 Å². The fourth-order valence-electron chi connectivity index (χ4n) is 2.42. The Hall–Kier alpha value is -2.57. The van der Waals surface area contributed by atoms with Gasteiger partial charge in [0.2, 0.25) is 5.91 Å². The van der Waals surface area contributed by atoms with Crippen molar-refractivity contribution in [2.24, 2.45) is 0 Å². The molecule has 0 saturated heterocycles. The third-order valence-electron chi connectivity index (χ3n) is 3.67. The Morgan fingerprint density at radius 3 is 2.63 bits per heavy atom. The molecule has 27 heavy (non-hydrogen) atoms. The summed E-state index contributed by atoms with van der Waals surface area (Å²) in [6.45, 7) is 1.90. The van der Waals surface area contributed by atoms with Gasteiger partial charge in [0.1, 0.15) is 10.8 Å². The first-order chi connectivity index (χ1) is 13.0. The number of carbonyl (C=O) groups is 1. The molecule has 1 N–H and O–H groups in total. The van der Waals surface area contributed by atoms with E-state index in [1.54, 1.807) is 31.4 Å². The van der Waals surface area contributed by atoms with Crippen molar-refractivity contribution in [1.29, 1.82) is 0 Å². The van der Waals surface area contributed by atoms with E-state index in [9.17, 15) is 4.79 Å². The Balaban J connectivity index is 1.69. The summed E-state index contributed by atoms with van der Waals surface area (Å²) in [6.07, 6.45) is 0. The second-order valence-corrected chi connectivity index (χ2v) is 7.15. The van der Waals surface area contributed by atoms with Gasteiger partial charge in [-0.25, -0.2) is 9.97 Å². The average molecular weight is 400 g/mol. The van der Waals surface area contributed by atoms with Crippen molar-refractivity contribution in [3.8, 4) is 17.1 Å². The lowest BCUT2D eigenvalue weighted by Crippen LogP contribution is -2.14. The van der Waals surface area contributed by atoms with E-state index in [1.807, 2.05) is 37.3 Å². The molecule has 2 aromatic carbocycles. The Morgan fingerprint density at radius 2 is 1.89 bits per heavy atom. The highest BCUT2D eigenvalue weighted by atomic mass is 35.5. The number of hydrogen-bond donors (Lipinski definition) is 1. The molecule has 0 aliphatic heterocycles. The van der Waals surface area contributed by atoms with E-state index in [4.69, 9.17) is 16.3 Å². The van der Waals surface area contributed by atoms with Crippen molar-refractivity contribution in [3.63, 3.8) is 0 Å². The van der Waals surface area contributed by atoms with Gasteiger partial charge in [0.15, 0.2) is 5.82 Å². The Labute approximate surface area is 167 Å². The van der Waals surface area contributed by atoms with Gasteiger partial charge in [0, 0.05) is 16.3 Å². The van der Waals surface area contributed by atoms with Gasteiger partial charge in [-0.2, -0.15) is 0 Å². The molecule has 0 unspecified atom stereocenters. The molecular weight excluding hydrogens is 382 g/mol. The van der Waals surface area contributed by atoms with Crippen LogP contribution in [0.1, 0.15) is 5.69 Å². The van der Waals surface area contributed by atoms with Gasteiger partial charge < -0.3 is 10.1 Å². The average Bonchev–Trinajstić information content (AvgIpc) is 2.67. The Bertz CT molecular complexity index is 948. The zero-order valence-electron chi connectivity index (χ0n) is 14.9. The van der Waals surface area contributed by atoms with Crippen LogP contribution in [0, 0.1) is 6.92 Å². The second kappa shape index (κ2) is 8.88. The third-order valence-corrected chi connectivity index (χ3v) is 4.83. The zero-order chi connectivity index (χ0) is 19.2. The molecule has 7 heteroatoms. The van der Waals surface area contributed by atoms with E-state index in [-0.39, 0.29) is 11.7 Å². The summed E-state index contributed by atoms with van der Waals surface area (Å²) in [6, 6.07) is 16.5. The molecule has 3 aromatic rings. The van der Waals surface area contributed by atoms with Gasteiger partial charge in [-0.1, -0.05) is 35.5 Å². The largest absolute Gasteiger partial charge is 0.495 e. The van der Waals surface area contributed by atoms with Crippen LogP contribution in [-0.2, 0) is 4.79 Å². The van der Waals surface area contributed by atoms with Crippen molar-refractivity contribution < 1.29 is 9.53 Å². The van der Waals surface area contributed by atoms with Crippen LogP contribution in [0.2, 0.25) is 5.02 Å². The number of benzene rings is 2. The van der Waals surface area contributed by atoms with Gasteiger partial charge in [-0.05, 0) is 49.4 Å². The predicted molar refractivity (Wildman–Crippen MR) is 110 cm³/mol. The molecule has 0 aliphatic carbocycles. The number of halogens is 1. The summed E-state index contributed by atoms with van der Waals surface area (Å²) in [4.78, 5) is 21.3. The molecule has 1 heterocycles. The van der Waals surface area contributed by atoms with E-state index >= 15 is 0 Å². The molecule has 1 aromatic heterocycles. The predicted octanol–water partition coefficient (Wildman–Crippen LogP) is 4.84. The van der Waals surface area contributed by atoms with Crippen molar-refractivity contribution in [2.75, 3.05) is 18.2 Å². The number of thioether (sulfide) groups is 1. The van der Waals surface area contributed by atoms with E-state index in [0.717, 1.165) is 16.3 Å². The molecule has 138 valence electrons. The highest BCUT2D eigenvalue weighted by molar-refractivity contribution is 7.99. The molecule has 0 fully saturated rings. The zero-order valence-corrected chi connectivity index (χ0v) is 16.5. The third kappa shape index (κ3) is 5.21. The molecule has 0 radical (unpaired) electrons. The lowest BCUT2D eigenvalue weighted by atomic mass is 10.2. The first-order valence-corrected chi connectivity index (χ1v) is 9.59. The lowest BCUT2D eigenvalue weighted by molar-refractivity contribution is -0.113. The minimum atomic E-state index is -0.131. The molecule has 0 bridgehead atoms. The normalized spacial score (nSPS) is 10.5. The van der Waals surface area contributed by atoms with Crippen molar-refractivity contribution >= 4 is 35.0 Å². The number of rotatable bonds is 6. The molecule has 0 spiro atoms. The second-order valence-electron chi connectivity index (χ2n) is 5.72. The van der Waals surface area contributed by atoms with Gasteiger partial charge in [-0.15, -0.1) is 0 Å². The topological polar surface area (TPSA) is 64.1 Å². The smallest absolute Gasteiger partial charge is 0.234 e. The number of anilines is 1. The van der Waals surface area contributed by atoms with Gasteiger partial charge >= 0.3 is 0 Å². The summed E-state index contributed by atoms with van der Waals surface area (Å²) >= 11 is 7.29. The summed E-state index contributed by atoms with van der Waals surface area (Å²) in [5.41, 5.74) is 2.36. The summed E-state index contributed by atoms with van der Waals surface area (Å²) in [7, 11) is 1.57. The minimum absolute atomic E-state index is 0.131. The van der Waals surface area contributed by atoms with Gasteiger partial charge in [0.05, 0.1) is 18.6 Å². The van der Waals surface area contributed by atoms with E-state index in [1.165, 1.54) is 11.8 Å². The number of hydrogen-bond acceptors (Lipinski definition) is 5. The molecule has 0 saturated carbocycles. The molecule has 1 amide bonds. The highest BCUT2D eigenvalue weighted by Gasteiger charge is 2.10. The number of nitrogens with zero attached hydrogens (tertiary/aromatic N) is 2. The van der Waals surface area contributed by atoms with Crippen LogP contribution in [0.15, 0.2) is 59.6 Å². The first kappa shape index (κ1) is 19.2. The van der Waals surface area contributed by atoms with Crippen LogP contribution in [0.25, 0.3) is 11.4 Å². The monoisotopic (exact) mass is 399 g/mol. The summed E-state index contributed by atoms with van der Waals surface area (Å²) in [5, 5.41) is 4.26. The van der Waals surface area contributed by atoms with E-state index in [2.05, 4.69) is 15.3 Å². The maximum Gasteiger partial charge on any atom is 0.234 e. The van der Waals surface area contributed by atoms with Crippen LogP contribution in [0.3, 0.4) is 0 Å². The van der Waals surface area contributed by atoms with Crippen molar-refractivity contribution in [3.05, 3.63) is 65.3 Å². The summed E-state index contributed by atoms with van der Waals surface area (Å²) in [5.74, 6) is 1.33. The van der Waals surface area contributed by atoms with Crippen LogP contribution in [0.5, 0.6) is 5.75 Å². The maximum atomic E-state index is 12.3. The lowest BCUT2D eigenvalue weighted by Gasteiger charge is -2.10. The molecular formula is C20H18ClN3O2S. The number of ether oxygens (including phenoxy) is 1. The fourth-order valence-corrected chi connectivity index (χ4v) is 3.30. The highest BCUT2D eigenvalue weighted by Crippen LogP contribution is 2.25. The van der Waals surface area contributed by atoms with Crippen LogP contribution in [-0.4, -0.2) is 28.7 Å². The number of aromatic nitrogens is 2. The summed E-state index contributed by atoms with van der Waals surface area (Å²) < 4.78 is 5.25. The first-order valence-electron chi connectivity index (χ1n) is 8.22. The van der Waals surface area contributed by atoms with E-state index in [0.29, 0.717) is 22.3 Å². The Morgan fingerprint density at radius 1 is 1.15 bits per heavy atom. The SMILES string of the molecule is COc1ccccc1NC(=O)CSc1cc(C)nc(-c2ccc(Cl)cc2)n1. The van der Waals surface area contributed by atoms with Gasteiger partial charge in [0.25, 0.3) is 0 Å². The van der Waals surface area contributed by atoms with Crippen molar-refractivity contribution in [2.45, 2.75) is 11.9 Å². The van der Waals surface area contributed by atoms with E-state index < -0.39 is 0 Å². The minimum Gasteiger partial charge on any atom is -0.495 e. The number of amides is 1. The molecule has 0 aliphatic rings. The number of methoxy groups -OCH3 is 1. The number of aryl methyl sites for hydroxylation is 1. The molecule has 0 atom stereocenters. The molecule has 3 rings (SSSR count). The van der Waals surface area contributed by atoms with Crippen molar-refractivity contribution in [1.82, 2.24) is 9.97 Å². The maximum absolute atomic E-state index is 12.3. The number of carbonyl (C=O) groups excluding carboxylic acids is 1. The van der Waals surface area contributed by atoms with Crippen LogP contribution >= 0.6 is 23.4 Å². The standard InChI is InChI=1S/C20H18ClN3O2S/c1-13-11-19(24-20(22-13)14-7-9-15(21)10-8-14)27-12-18(25)23-16-5-3-4-6-17(16)26-2/h3-11H,12H2,1-2H3,(H,23,25). The number of para-hydroxylation sites is 2.